The fraction of sp³-hybridized carbons (Fsp3) is 0.588. The lowest BCUT2D eigenvalue weighted by atomic mass is 10.0. The van der Waals surface area contributed by atoms with Gasteiger partial charge in [0.05, 0.1) is 6.54 Å². The molecule has 20 heavy (non-hydrogen) atoms. The number of aryl methyl sites for hydroxylation is 2. The maximum Gasteiger partial charge on any atom is 0.239 e. The van der Waals surface area contributed by atoms with Crippen LogP contribution < -0.4 is 10.6 Å². The van der Waals surface area contributed by atoms with Crippen molar-refractivity contribution in [3.05, 3.63) is 29.3 Å². The van der Waals surface area contributed by atoms with E-state index >= 15 is 0 Å². The van der Waals surface area contributed by atoms with Crippen molar-refractivity contribution in [2.45, 2.75) is 59.4 Å². The van der Waals surface area contributed by atoms with Gasteiger partial charge in [0.2, 0.25) is 5.91 Å². The number of rotatable bonds is 7. The number of carbonyl (C=O) groups excluding carboxylic acids is 1. The van der Waals surface area contributed by atoms with Gasteiger partial charge in [0.15, 0.2) is 0 Å². The van der Waals surface area contributed by atoms with Crippen molar-refractivity contribution in [1.29, 1.82) is 0 Å². The monoisotopic (exact) mass is 276 g/mol. The largest absolute Gasteiger partial charge is 0.376 e. The van der Waals surface area contributed by atoms with E-state index in [4.69, 9.17) is 0 Å². The zero-order valence-corrected chi connectivity index (χ0v) is 13.5. The Hall–Kier alpha value is -1.51. The van der Waals surface area contributed by atoms with Crippen LogP contribution in [0, 0.1) is 0 Å². The van der Waals surface area contributed by atoms with Crippen LogP contribution in [0.2, 0.25) is 0 Å². The van der Waals surface area contributed by atoms with Gasteiger partial charge in [0, 0.05) is 11.2 Å². The van der Waals surface area contributed by atoms with Crippen LogP contribution in [0.1, 0.15) is 52.2 Å². The molecule has 0 heterocycles. The smallest absolute Gasteiger partial charge is 0.239 e. The number of carbonyl (C=O) groups is 1. The van der Waals surface area contributed by atoms with Crippen molar-refractivity contribution in [3.8, 4) is 0 Å². The van der Waals surface area contributed by atoms with Gasteiger partial charge in [-0.3, -0.25) is 4.79 Å². The normalized spacial score (nSPS) is 11.2. The van der Waals surface area contributed by atoms with Crippen LogP contribution in [0.15, 0.2) is 18.2 Å². The first-order valence-electron chi connectivity index (χ1n) is 7.59. The van der Waals surface area contributed by atoms with E-state index in [2.05, 4.69) is 49.6 Å². The summed E-state index contributed by atoms with van der Waals surface area (Å²) in [7, 11) is 0. The summed E-state index contributed by atoms with van der Waals surface area (Å²) in [5.74, 6) is 0.0461. The zero-order valence-electron chi connectivity index (χ0n) is 13.5. The molecule has 3 heteroatoms. The third-order valence-electron chi connectivity index (χ3n) is 3.79. The molecule has 0 unspecified atom stereocenters. The first-order valence-corrected chi connectivity index (χ1v) is 7.59. The molecule has 112 valence electrons. The summed E-state index contributed by atoms with van der Waals surface area (Å²) >= 11 is 0. The Kier molecular flexibility index (Phi) is 6.05. The molecule has 0 saturated heterocycles. The molecule has 0 aliphatic heterocycles. The third kappa shape index (κ3) is 4.55. The molecule has 0 aromatic heterocycles. The third-order valence-corrected chi connectivity index (χ3v) is 3.79. The summed E-state index contributed by atoms with van der Waals surface area (Å²) in [6, 6.07) is 6.33. The number of anilines is 1. The van der Waals surface area contributed by atoms with Crippen molar-refractivity contribution in [3.63, 3.8) is 0 Å². The summed E-state index contributed by atoms with van der Waals surface area (Å²) in [5, 5.41) is 6.37. The lowest BCUT2D eigenvalue weighted by Gasteiger charge is -2.25. The molecule has 1 aromatic carbocycles. The second-order valence-electron chi connectivity index (χ2n) is 5.80. The van der Waals surface area contributed by atoms with E-state index in [-0.39, 0.29) is 11.4 Å². The minimum Gasteiger partial charge on any atom is -0.376 e. The highest BCUT2D eigenvalue weighted by Crippen LogP contribution is 2.22. The highest BCUT2D eigenvalue weighted by molar-refractivity contribution is 5.82. The van der Waals surface area contributed by atoms with Crippen LogP contribution in [0.4, 0.5) is 5.69 Å². The molecule has 1 aromatic rings. The first kappa shape index (κ1) is 16.5. The second-order valence-corrected chi connectivity index (χ2v) is 5.80. The zero-order chi connectivity index (χ0) is 15.2. The number of nitrogens with one attached hydrogen (secondary N) is 2. The van der Waals surface area contributed by atoms with E-state index in [1.807, 2.05) is 13.8 Å². The molecule has 0 fully saturated rings. The summed E-state index contributed by atoms with van der Waals surface area (Å²) in [5.41, 5.74) is 3.53. The molecule has 0 saturated carbocycles. The van der Waals surface area contributed by atoms with Gasteiger partial charge in [-0.25, -0.2) is 0 Å². The molecule has 0 radical (unpaired) electrons. The Balaban J connectivity index is 2.72. The SMILES string of the molecule is CCc1cccc(CC)c1NCC(=O)NC(C)(C)CC. The Labute approximate surface area is 123 Å². The fourth-order valence-corrected chi connectivity index (χ4v) is 2.15. The second kappa shape index (κ2) is 7.32. The van der Waals surface area contributed by atoms with E-state index in [1.165, 1.54) is 11.1 Å². The molecule has 3 nitrogen and oxygen atoms in total. The Morgan fingerprint density at radius 2 is 1.65 bits per heavy atom. The molecule has 0 spiro atoms. The first-order chi connectivity index (χ1) is 9.43. The highest BCUT2D eigenvalue weighted by Gasteiger charge is 2.17. The molecule has 0 aliphatic carbocycles. The predicted molar refractivity (Wildman–Crippen MR) is 86.2 cm³/mol. The lowest BCUT2D eigenvalue weighted by Crippen LogP contribution is -2.45. The van der Waals surface area contributed by atoms with Gasteiger partial charge < -0.3 is 10.6 Å². The van der Waals surface area contributed by atoms with Gasteiger partial charge >= 0.3 is 0 Å². The van der Waals surface area contributed by atoms with Crippen LogP contribution in [0.5, 0.6) is 0 Å². The molecule has 1 rings (SSSR count). The molecule has 0 bridgehead atoms. The van der Waals surface area contributed by atoms with Gasteiger partial charge in [-0.1, -0.05) is 39.0 Å². The van der Waals surface area contributed by atoms with Crippen molar-refractivity contribution in [1.82, 2.24) is 5.32 Å². The van der Waals surface area contributed by atoms with Crippen LogP contribution in [0.3, 0.4) is 0 Å². The van der Waals surface area contributed by atoms with E-state index in [1.54, 1.807) is 0 Å². The molecular formula is C17H28N2O. The number of amides is 1. The summed E-state index contributed by atoms with van der Waals surface area (Å²) in [6.07, 6.45) is 2.86. The van der Waals surface area contributed by atoms with E-state index in [9.17, 15) is 4.79 Å². The van der Waals surface area contributed by atoms with E-state index in [0.717, 1.165) is 24.9 Å². The van der Waals surface area contributed by atoms with Gasteiger partial charge in [0.1, 0.15) is 0 Å². The van der Waals surface area contributed by atoms with Gasteiger partial charge in [-0.15, -0.1) is 0 Å². The Morgan fingerprint density at radius 3 is 2.10 bits per heavy atom. The van der Waals surface area contributed by atoms with Crippen molar-refractivity contribution < 1.29 is 4.79 Å². The maximum absolute atomic E-state index is 12.0. The number of hydrogen-bond donors (Lipinski definition) is 2. The van der Waals surface area contributed by atoms with Crippen LogP contribution >= 0.6 is 0 Å². The van der Waals surface area contributed by atoms with Crippen molar-refractivity contribution >= 4 is 11.6 Å². The minimum atomic E-state index is -0.142. The topological polar surface area (TPSA) is 41.1 Å². The lowest BCUT2D eigenvalue weighted by molar-refractivity contribution is -0.121. The van der Waals surface area contributed by atoms with E-state index in [0.29, 0.717) is 6.54 Å². The van der Waals surface area contributed by atoms with E-state index < -0.39 is 0 Å². The van der Waals surface area contributed by atoms with Gasteiger partial charge in [-0.2, -0.15) is 0 Å². The fourth-order valence-electron chi connectivity index (χ4n) is 2.15. The number of para-hydroxylation sites is 1. The number of hydrogen-bond acceptors (Lipinski definition) is 2. The highest BCUT2D eigenvalue weighted by atomic mass is 16.2. The Bertz CT molecular complexity index is 430. The van der Waals surface area contributed by atoms with Crippen LogP contribution in [-0.4, -0.2) is 18.0 Å². The molecule has 0 aliphatic rings. The molecule has 0 atom stereocenters. The van der Waals surface area contributed by atoms with Gasteiger partial charge in [0.25, 0.3) is 0 Å². The van der Waals surface area contributed by atoms with Gasteiger partial charge in [-0.05, 0) is 44.2 Å². The molecule has 2 N–H and O–H groups in total. The van der Waals surface area contributed by atoms with Crippen LogP contribution in [0.25, 0.3) is 0 Å². The van der Waals surface area contributed by atoms with Crippen molar-refractivity contribution in [2.75, 3.05) is 11.9 Å². The molecular weight excluding hydrogens is 248 g/mol. The Morgan fingerprint density at radius 1 is 1.10 bits per heavy atom. The average Bonchev–Trinajstić information content (AvgIpc) is 2.44. The van der Waals surface area contributed by atoms with Crippen LogP contribution in [-0.2, 0) is 17.6 Å². The number of benzene rings is 1. The molecule has 1 amide bonds. The minimum absolute atomic E-state index is 0.0461. The van der Waals surface area contributed by atoms with Crippen molar-refractivity contribution in [2.24, 2.45) is 0 Å². The summed E-state index contributed by atoms with van der Waals surface area (Å²) in [4.78, 5) is 12.0. The standard InChI is InChI=1S/C17H28N2O/c1-6-13-10-9-11-14(7-2)16(13)18-12-15(20)19-17(4,5)8-3/h9-11,18H,6-8,12H2,1-5H3,(H,19,20). The quantitative estimate of drug-likeness (QED) is 0.800. The summed E-state index contributed by atoms with van der Waals surface area (Å²) in [6.45, 7) is 10.8. The predicted octanol–water partition coefficient (Wildman–Crippen LogP) is 3.53. The average molecular weight is 276 g/mol. The maximum atomic E-state index is 12.0. The summed E-state index contributed by atoms with van der Waals surface area (Å²) < 4.78 is 0.